The molecule has 0 aliphatic rings. The number of nitrogens with one attached hydrogen (secondary N) is 1. The molecule has 1 amide bonds. The number of nitrogens with zero attached hydrogens (tertiary/aromatic N) is 2. The molecule has 0 radical (unpaired) electrons. The molecule has 0 atom stereocenters. The smallest absolute Gasteiger partial charge is 0.271 e. The number of anilines is 1. The predicted molar refractivity (Wildman–Crippen MR) is 124 cm³/mol. The molecular weight excluding hydrogens is 418 g/mol. The van der Waals surface area contributed by atoms with Crippen LogP contribution in [0.5, 0.6) is 0 Å². The highest BCUT2D eigenvalue weighted by Crippen LogP contribution is 2.31. The van der Waals surface area contributed by atoms with Gasteiger partial charge in [0.05, 0.1) is 11.8 Å². The third kappa shape index (κ3) is 3.88. The van der Waals surface area contributed by atoms with Crippen molar-refractivity contribution in [3.63, 3.8) is 0 Å². The van der Waals surface area contributed by atoms with Crippen LogP contribution < -0.4 is 10.9 Å². The van der Waals surface area contributed by atoms with Crippen molar-refractivity contribution < 1.29 is 4.79 Å². The highest BCUT2D eigenvalue weighted by molar-refractivity contribution is 7.17. The molecule has 4 rings (SSSR count). The maximum atomic E-state index is 12.9. The summed E-state index contributed by atoms with van der Waals surface area (Å²) >= 11 is 7.30. The summed E-state index contributed by atoms with van der Waals surface area (Å²) in [4.78, 5) is 30.0. The van der Waals surface area contributed by atoms with Crippen molar-refractivity contribution in [3.8, 4) is 11.1 Å². The first-order chi connectivity index (χ1) is 14.3. The summed E-state index contributed by atoms with van der Waals surface area (Å²) in [6.45, 7) is 5.84. The van der Waals surface area contributed by atoms with Crippen molar-refractivity contribution in [1.29, 1.82) is 0 Å². The van der Waals surface area contributed by atoms with Gasteiger partial charge in [0, 0.05) is 21.7 Å². The minimum Gasteiger partial charge on any atom is -0.324 e. The van der Waals surface area contributed by atoms with E-state index in [4.69, 9.17) is 11.6 Å². The predicted octanol–water partition coefficient (Wildman–Crippen LogP) is 5.34. The summed E-state index contributed by atoms with van der Waals surface area (Å²) in [5.41, 5.74) is 6.15. The van der Waals surface area contributed by atoms with Gasteiger partial charge in [-0.3, -0.25) is 14.2 Å². The molecule has 0 saturated carbocycles. The van der Waals surface area contributed by atoms with Crippen LogP contribution in [0.2, 0.25) is 5.02 Å². The lowest BCUT2D eigenvalue weighted by molar-refractivity contribution is -0.116. The van der Waals surface area contributed by atoms with Gasteiger partial charge >= 0.3 is 0 Å². The van der Waals surface area contributed by atoms with E-state index in [1.165, 1.54) is 22.2 Å². The molecule has 0 saturated heterocycles. The quantitative estimate of drug-likeness (QED) is 0.468. The van der Waals surface area contributed by atoms with E-state index < -0.39 is 0 Å². The van der Waals surface area contributed by atoms with Gasteiger partial charge in [0.2, 0.25) is 5.91 Å². The van der Waals surface area contributed by atoms with Gasteiger partial charge in [-0.1, -0.05) is 41.4 Å². The average molecular weight is 438 g/mol. The van der Waals surface area contributed by atoms with Crippen molar-refractivity contribution in [2.24, 2.45) is 0 Å². The van der Waals surface area contributed by atoms with Gasteiger partial charge < -0.3 is 5.32 Å². The van der Waals surface area contributed by atoms with Gasteiger partial charge in [-0.25, -0.2) is 4.98 Å². The summed E-state index contributed by atoms with van der Waals surface area (Å²) < 4.78 is 1.87. The third-order valence-electron chi connectivity index (χ3n) is 4.96. The number of rotatable bonds is 4. The van der Waals surface area contributed by atoms with E-state index >= 15 is 0 Å². The number of fused-ring (bicyclic) bond motifs is 1. The van der Waals surface area contributed by atoms with Crippen molar-refractivity contribution in [3.05, 3.63) is 80.2 Å². The molecule has 5 nitrogen and oxygen atoms in total. The fourth-order valence-electron chi connectivity index (χ4n) is 3.60. The van der Waals surface area contributed by atoms with E-state index in [9.17, 15) is 9.59 Å². The standard InChI is InChI=1S/C23H20ClN3O2S/c1-13-8-14(2)20(15(3)9-13)26-19(28)10-27-12-25-21-18(11-30-22(21)23(27)29)16-4-6-17(24)7-5-16/h4-9,11-12H,10H2,1-3H3,(H,26,28). The number of carbonyl (C=O) groups excluding carboxylic acids is 1. The van der Waals surface area contributed by atoms with Crippen molar-refractivity contribution in [1.82, 2.24) is 9.55 Å². The molecule has 4 aromatic rings. The second-order valence-corrected chi connectivity index (χ2v) is 8.65. The molecule has 0 aliphatic carbocycles. The average Bonchev–Trinajstić information content (AvgIpc) is 3.12. The van der Waals surface area contributed by atoms with Gasteiger partial charge in [0.15, 0.2) is 0 Å². The van der Waals surface area contributed by atoms with Gasteiger partial charge in [-0.15, -0.1) is 11.3 Å². The van der Waals surface area contributed by atoms with E-state index in [0.29, 0.717) is 15.2 Å². The lowest BCUT2D eigenvalue weighted by Gasteiger charge is -2.13. The summed E-state index contributed by atoms with van der Waals surface area (Å²) in [5.74, 6) is -0.261. The molecule has 0 aliphatic heterocycles. The second-order valence-electron chi connectivity index (χ2n) is 7.33. The van der Waals surface area contributed by atoms with Crippen molar-refractivity contribution in [2.45, 2.75) is 27.3 Å². The van der Waals surface area contributed by atoms with Crippen LogP contribution in [0.3, 0.4) is 0 Å². The Hall–Kier alpha value is -2.96. The molecule has 0 fully saturated rings. The van der Waals surface area contributed by atoms with Crippen LogP contribution in [0.15, 0.2) is 52.9 Å². The Labute approximate surface area is 183 Å². The first-order valence-corrected chi connectivity index (χ1v) is 10.7. The lowest BCUT2D eigenvalue weighted by atomic mass is 10.1. The van der Waals surface area contributed by atoms with E-state index in [1.807, 2.05) is 50.4 Å². The van der Waals surface area contributed by atoms with Crippen LogP contribution in [-0.4, -0.2) is 15.5 Å². The minimum atomic E-state index is -0.261. The molecule has 2 aromatic carbocycles. The minimum absolute atomic E-state index is 0.0945. The third-order valence-corrected chi connectivity index (χ3v) is 6.17. The summed E-state index contributed by atoms with van der Waals surface area (Å²) in [6, 6.07) is 11.5. The number of hydrogen-bond acceptors (Lipinski definition) is 4. The monoisotopic (exact) mass is 437 g/mol. The van der Waals surface area contributed by atoms with Crippen LogP contribution in [0.25, 0.3) is 21.3 Å². The molecule has 2 aromatic heterocycles. The maximum Gasteiger partial charge on any atom is 0.271 e. The molecule has 30 heavy (non-hydrogen) atoms. The molecule has 0 spiro atoms. The Morgan fingerprint density at radius 2 is 1.80 bits per heavy atom. The Morgan fingerprint density at radius 3 is 2.47 bits per heavy atom. The number of aryl methyl sites for hydroxylation is 3. The molecular formula is C23H20ClN3O2S. The molecule has 2 heterocycles. The zero-order chi connectivity index (χ0) is 21.4. The van der Waals surface area contributed by atoms with Gasteiger partial charge in [-0.2, -0.15) is 0 Å². The Kier molecular flexibility index (Phi) is 5.45. The normalized spacial score (nSPS) is 11.1. The van der Waals surface area contributed by atoms with Crippen molar-refractivity contribution in [2.75, 3.05) is 5.32 Å². The Balaban J connectivity index is 1.61. The molecule has 0 bridgehead atoms. The molecule has 1 N–H and O–H groups in total. The number of aromatic nitrogens is 2. The maximum absolute atomic E-state index is 12.9. The summed E-state index contributed by atoms with van der Waals surface area (Å²) in [5, 5.41) is 5.49. The van der Waals surface area contributed by atoms with E-state index in [1.54, 1.807) is 12.1 Å². The van der Waals surface area contributed by atoms with E-state index in [0.717, 1.165) is 33.5 Å². The van der Waals surface area contributed by atoms with E-state index in [2.05, 4.69) is 10.3 Å². The first kappa shape index (κ1) is 20.3. The van der Waals surface area contributed by atoms with Crippen LogP contribution >= 0.6 is 22.9 Å². The van der Waals surface area contributed by atoms with Crippen molar-refractivity contribution >= 4 is 44.7 Å². The number of amides is 1. The number of carbonyl (C=O) groups is 1. The number of thiophene rings is 1. The first-order valence-electron chi connectivity index (χ1n) is 9.44. The molecule has 0 unspecified atom stereocenters. The Morgan fingerprint density at radius 1 is 1.13 bits per heavy atom. The van der Waals surface area contributed by atoms with Crippen LogP contribution in [-0.2, 0) is 11.3 Å². The fourth-order valence-corrected chi connectivity index (χ4v) is 4.70. The molecule has 152 valence electrons. The van der Waals surface area contributed by atoms with Crippen LogP contribution in [0.4, 0.5) is 5.69 Å². The van der Waals surface area contributed by atoms with Crippen LogP contribution in [0, 0.1) is 20.8 Å². The lowest BCUT2D eigenvalue weighted by Crippen LogP contribution is -2.27. The van der Waals surface area contributed by atoms with Gasteiger partial charge in [-0.05, 0) is 49.6 Å². The topological polar surface area (TPSA) is 64.0 Å². The Bertz CT molecular complexity index is 1300. The SMILES string of the molecule is Cc1cc(C)c(NC(=O)Cn2cnc3c(-c4ccc(Cl)cc4)csc3c2=O)c(C)c1. The number of halogens is 1. The van der Waals surface area contributed by atoms with Gasteiger partial charge in [0.1, 0.15) is 11.2 Å². The zero-order valence-corrected chi connectivity index (χ0v) is 18.4. The number of hydrogen-bond donors (Lipinski definition) is 1. The zero-order valence-electron chi connectivity index (χ0n) is 16.8. The molecule has 7 heteroatoms. The van der Waals surface area contributed by atoms with Gasteiger partial charge in [0.25, 0.3) is 5.56 Å². The number of benzene rings is 2. The largest absolute Gasteiger partial charge is 0.324 e. The highest BCUT2D eigenvalue weighted by atomic mass is 35.5. The summed E-state index contributed by atoms with van der Waals surface area (Å²) in [6.07, 6.45) is 1.44. The second kappa shape index (κ2) is 8.05. The highest BCUT2D eigenvalue weighted by Gasteiger charge is 2.15. The summed E-state index contributed by atoms with van der Waals surface area (Å²) in [7, 11) is 0. The van der Waals surface area contributed by atoms with E-state index in [-0.39, 0.29) is 18.0 Å². The van der Waals surface area contributed by atoms with Crippen LogP contribution in [0.1, 0.15) is 16.7 Å². The fraction of sp³-hybridized carbons (Fsp3) is 0.174.